The molecule has 2 aliphatic rings. The first-order valence-corrected chi connectivity index (χ1v) is 6.53. The molecule has 16 heavy (non-hydrogen) atoms. The molecule has 0 bridgehead atoms. The fraction of sp³-hybridized carbons (Fsp3) is 0.571. The van der Waals surface area contributed by atoms with Gasteiger partial charge in [0.2, 0.25) is 0 Å². The number of fused-ring (bicyclic) bond motifs is 2. The topological polar surface area (TPSA) is 24.1 Å². The van der Waals surface area contributed by atoms with Crippen molar-refractivity contribution in [2.75, 3.05) is 17.2 Å². The average Bonchev–Trinajstić information content (AvgIpc) is 2.61. The number of hydrogen-bond acceptors (Lipinski definition) is 2. The largest absolute Gasteiger partial charge is 0.383 e. The van der Waals surface area contributed by atoms with E-state index < -0.39 is 0 Å². The van der Waals surface area contributed by atoms with E-state index in [4.69, 9.17) is 0 Å². The summed E-state index contributed by atoms with van der Waals surface area (Å²) in [4.78, 5) is 0. The van der Waals surface area contributed by atoms with Crippen LogP contribution in [0, 0.1) is 5.92 Å². The summed E-state index contributed by atoms with van der Waals surface area (Å²) < 4.78 is 0. The molecule has 1 aromatic rings. The molecule has 1 fully saturated rings. The number of rotatable bonds is 0. The molecular weight excluding hydrogens is 196 g/mol. The smallest absolute Gasteiger partial charge is 0.0578 e. The van der Waals surface area contributed by atoms with Gasteiger partial charge in [0.25, 0.3) is 0 Å². The fourth-order valence-electron chi connectivity index (χ4n) is 3.02. The van der Waals surface area contributed by atoms with E-state index in [1.807, 2.05) is 0 Å². The second kappa shape index (κ2) is 4.36. The highest BCUT2D eigenvalue weighted by atomic mass is 15.0. The third-order valence-corrected chi connectivity index (χ3v) is 3.98. The van der Waals surface area contributed by atoms with Crippen molar-refractivity contribution >= 4 is 11.4 Å². The molecule has 1 heterocycles. The SMILES string of the molecule is c1ccc2c(c1)NCC1CCCCCC1N2. The van der Waals surface area contributed by atoms with E-state index in [1.165, 1.54) is 43.5 Å². The van der Waals surface area contributed by atoms with Crippen molar-refractivity contribution in [3.05, 3.63) is 24.3 Å². The molecule has 0 aromatic heterocycles. The molecule has 1 aliphatic heterocycles. The van der Waals surface area contributed by atoms with Gasteiger partial charge < -0.3 is 10.6 Å². The Bertz CT molecular complexity index is 362. The summed E-state index contributed by atoms with van der Waals surface area (Å²) in [6.45, 7) is 1.13. The molecule has 0 spiro atoms. The zero-order valence-corrected chi connectivity index (χ0v) is 9.71. The fourth-order valence-corrected chi connectivity index (χ4v) is 3.02. The second-order valence-corrected chi connectivity index (χ2v) is 5.08. The van der Waals surface area contributed by atoms with Gasteiger partial charge in [0, 0.05) is 12.6 Å². The van der Waals surface area contributed by atoms with Gasteiger partial charge in [-0.25, -0.2) is 0 Å². The van der Waals surface area contributed by atoms with Gasteiger partial charge in [-0.05, 0) is 30.9 Å². The lowest BCUT2D eigenvalue weighted by molar-refractivity contribution is 0.444. The average molecular weight is 216 g/mol. The molecule has 2 N–H and O–H groups in total. The zero-order valence-electron chi connectivity index (χ0n) is 9.71. The van der Waals surface area contributed by atoms with Crippen LogP contribution in [0.5, 0.6) is 0 Å². The van der Waals surface area contributed by atoms with Gasteiger partial charge in [0.15, 0.2) is 0 Å². The van der Waals surface area contributed by atoms with Crippen LogP contribution in [-0.4, -0.2) is 12.6 Å². The maximum absolute atomic E-state index is 3.74. The molecule has 2 unspecified atom stereocenters. The van der Waals surface area contributed by atoms with Crippen LogP contribution in [0.4, 0.5) is 11.4 Å². The van der Waals surface area contributed by atoms with Crippen LogP contribution in [-0.2, 0) is 0 Å². The lowest BCUT2D eigenvalue weighted by Gasteiger charge is -2.23. The van der Waals surface area contributed by atoms with Crippen molar-refractivity contribution in [2.24, 2.45) is 5.92 Å². The predicted molar refractivity (Wildman–Crippen MR) is 68.9 cm³/mol. The summed E-state index contributed by atoms with van der Waals surface area (Å²) in [6.07, 6.45) is 6.91. The Morgan fingerprint density at radius 1 is 0.938 bits per heavy atom. The molecule has 2 heteroatoms. The van der Waals surface area contributed by atoms with Crippen molar-refractivity contribution in [1.29, 1.82) is 0 Å². The van der Waals surface area contributed by atoms with Gasteiger partial charge in [0.05, 0.1) is 11.4 Å². The van der Waals surface area contributed by atoms with Gasteiger partial charge in [-0.1, -0.05) is 31.4 Å². The van der Waals surface area contributed by atoms with E-state index in [0.717, 1.165) is 12.5 Å². The van der Waals surface area contributed by atoms with Crippen LogP contribution in [0.2, 0.25) is 0 Å². The van der Waals surface area contributed by atoms with Gasteiger partial charge in [-0.2, -0.15) is 0 Å². The summed E-state index contributed by atoms with van der Waals surface area (Å²) in [7, 11) is 0. The zero-order chi connectivity index (χ0) is 10.8. The molecule has 2 atom stereocenters. The van der Waals surface area contributed by atoms with Gasteiger partial charge >= 0.3 is 0 Å². The summed E-state index contributed by atoms with van der Waals surface area (Å²) in [6, 6.07) is 9.27. The number of hydrogen-bond donors (Lipinski definition) is 2. The molecule has 1 saturated carbocycles. The third kappa shape index (κ3) is 1.89. The first kappa shape index (κ1) is 10.0. The lowest BCUT2D eigenvalue weighted by Crippen LogP contribution is -2.30. The lowest BCUT2D eigenvalue weighted by atomic mass is 9.95. The van der Waals surface area contributed by atoms with Crippen molar-refractivity contribution < 1.29 is 0 Å². The molecule has 0 amide bonds. The monoisotopic (exact) mass is 216 g/mol. The van der Waals surface area contributed by atoms with Crippen LogP contribution in [0.25, 0.3) is 0 Å². The third-order valence-electron chi connectivity index (χ3n) is 3.98. The summed E-state index contributed by atoms with van der Waals surface area (Å²) in [5.74, 6) is 0.801. The second-order valence-electron chi connectivity index (χ2n) is 5.08. The van der Waals surface area contributed by atoms with Gasteiger partial charge in [0.1, 0.15) is 0 Å². The highest BCUT2D eigenvalue weighted by molar-refractivity contribution is 5.69. The Morgan fingerprint density at radius 3 is 2.69 bits per heavy atom. The van der Waals surface area contributed by atoms with Crippen LogP contribution < -0.4 is 10.6 Å². The molecule has 2 nitrogen and oxygen atoms in total. The van der Waals surface area contributed by atoms with Gasteiger partial charge in [-0.15, -0.1) is 0 Å². The van der Waals surface area contributed by atoms with Crippen molar-refractivity contribution in [3.63, 3.8) is 0 Å². The maximum Gasteiger partial charge on any atom is 0.0578 e. The Kier molecular flexibility index (Phi) is 2.73. The van der Waals surface area contributed by atoms with Crippen molar-refractivity contribution in [2.45, 2.75) is 38.1 Å². The predicted octanol–water partition coefficient (Wildman–Crippen LogP) is 3.47. The first-order chi connectivity index (χ1) is 7.93. The van der Waals surface area contributed by atoms with E-state index in [9.17, 15) is 0 Å². The molecular formula is C14H20N2. The van der Waals surface area contributed by atoms with Crippen LogP contribution in [0.3, 0.4) is 0 Å². The Morgan fingerprint density at radius 2 is 1.75 bits per heavy atom. The van der Waals surface area contributed by atoms with Crippen LogP contribution >= 0.6 is 0 Å². The number of benzene rings is 1. The molecule has 1 aromatic carbocycles. The highest BCUT2D eigenvalue weighted by Gasteiger charge is 2.26. The number of anilines is 2. The van der Waals surface area contributed by atoms with E-state index in [0.29, 0.717) is 6.04 Å². The van der Waals surface area contributed by atoms with Crippen LogP contribution in [0.1, 0.15) is 32.1 Å². The molecule has 0 saturated heterocycles. The van der Waals surface area contributed by atoms with E-state index >= 15 is 0 Å². The Balaban J connectivity index is 1.85. The van der Waals surface area contributed by atoms with E-state index in [-0.39, 0.29) is 0 Å². The maximum atomic E-state index is 3.74. The highest BCUT2D eigenvalue weighted by Crippen LogP contribution is 2.32. The van der Waals surface area contributed by atoms with E-state index in [1.54, 1.807) is 0 Å². The number of para-hydroxylation sites is 2. The number of nitrogens with one attached hydrogen (secondary N) is 2. The minimum atomic E-state index is 0.679. The van der Waals surface area contributed by atoms with E-state index in [2.05, 4.69) is 34.9 Å². The molecule has 1 aliphatic carbocycles. The van der Waals surface area contributed by atoms with Crippen molar-refractivity contribution in [3.8, 4) is 0 Å². The first-order valence-electron chi connectivity index (χ1n) is 6.53. The minimum Gasteiger partial charge on any atom is -0.383 e. The Labute approximate surface area is 97.4 Å². The summed E-state index contributed by atoms with van der Waals surface area (Å²) >= 11 is 0. The molecule has 3 rings (SSSR count). The standard InChI is InChI=1S/C14H20N2/c1-2-6-11-10-15-13-8-4-5-9-14(13)16-12(11)7-3-1/h4-5,8-9,11-12,15-16H,1-3,6-7,10H2. The summed E-state index contributed by atoms with van der Waals surface area (Å²) in [5.41, 5.74) is 2.56. The summed E-state index contributed by atoms with van der Waals surface area (Å²) in [5, 5.41) is 7.33. The van der Waals surface area contributed by atoms with Gasteiger partial charge in [-0.3, -0.25) is 0 Å². The quantitative estimate of drug-likeness (QED) is 0.694. The Hall–Kier alpha value is -1.18. The minimum absolute atomic E-state index is 0.679. The normalized spacial score (nSPS) is 28.8. The van der Waals surface area contributed by atoms with Crippen molar-refractivity contribution in [1.82, 2.24) is 0 Å². The molecule has 0 radical (unpaired) electrons. The van der Waals surface area contributed by atoms with Crippen LogP contribution in [0.15, 0.2) is 24.3 Å². The molecule has 86 valence electrons.